The van der Waals surface area contributed by atoms with Crippen LogP contribution in [0.15, 0.2) is 42.5 Å². The normalized spacial score (nSPS) is 10.9. The lowest BCUT2D eigenvalue weighted by Gasteiger charge is -2.23. The molecule has 0 amide bonds. The summed E-state index contributed by atoms with van der Waals surface area (Å²) in [7, 11) is 0. The third-order valence-electron chi connectivity index (χ3n) is 3.27. The van der Waals surface area contributed by atoms with Crippen LogP contribution in [0.25, 0.3) is 0 Å². The predicted octanol–water partition coefficient (Wildman–Crippen LogP) is 5.07. The van der Waals surface area contributed by atoms with E-state index in [2.05, 4.69) is 32.8 Å². The monoisotopic (exact) mass is 264 g/mol. The van der Waals surface area contributed by atoms with Gasteiger partial charge in [0.15, 0.2) is 0 Å². The zero-order valence-corrected chi connectivity index (χ0v) is 12.5. The van der Waals surface area contributed by atoms with Crippen LogP contribution in [-0.4, -0.2) is 0 Å². The molecule has 0 bridgehead atoms. The number of terminal acetylenes is 1. The van der Waals surface area contributed by atoms with Gasteiger partial charge in [-0.2, -0.15) is 0 Å². The van der Waals surface area contributed by atoms with Gasteiger partial charge < -0.3 is 4.74 Å². The van der Waals surface area contributed by atoms with Gasteiger partial charge in [0.05, 0.1) is 0 Å². The van der Waals surface area contributed by atoms with Crippen molar-refractivity contribution in [2.45, 2.75) is 33.1 Å². The van der Waals surface area contributed by atoms with Gasteiger partial charge in [0.2, 0.25) is 0 Å². The summed E-state index contributed by atoms with van der Waals surface area (Å²) in [5.41, 5.74) is 3.10. The van der Waals surface area contributed by atoms with Gasteiger partial charge >= 0.3 is 0 Å². The minimum Gasteiger partial charge on any atom is -0.457 e. The molecule has 0 heterocycles. The summed E-state index contributed by atoms with van der Waals surface area (Å²) in [6.45, 7) is 8.55. The highest BCUT2D eigenvalue weighted by atomic mass is 16.5. The van der Waals surface area contributed by atoms with Crippen LogP contribution in [0.3, 0.4) is 0 Å². The number of para-hydroxylation sites is 1. The summed E-state index contributed by atoms with van der Waals surface area (Å²) in [5, 5.41) is 0. The van der Waals surface area contributed by atoms with Crippen molar-refractivity contribution in [2.75, 3.05) is 0 Å². The molecule has 0 unspecified atom stereocenters. The van der Waals surface area contributed by atoms with Gasteiger partial charge in [-0.05, 0) is 36.1 Å². The molecule has 0 aliphatic rings. The van der Waals surface area contributed by atoms with E-state index in [9.17, 15) is 0 Å². The molecule has 2 aromatic rings. The fourth-order valence-electron chi connectivity index (χ4n) is 2.11. The molecular weight excluding hydrogens is 244 g/mol. The van der Waals surface area contributed by atoms with Gasteiger partial charge in [-0.1, -0.05) is 51.0 Å². The van der Waals surface area contributed by atoms with Crippen LogP contribution in [0.4, 0.5) is 0 Å². The molecule has 0 spiro atoms. The van der Waals surface area contributed by atoms with Gasteiger partial charge in [-0.25, -0.2) is 0 Å². The Hall–Kier alpha value is -2.20. The Morgan fingerprint density at radius 3 is 2.30 bits per heavy atom. The van der Waals surface area contributed by atoms with Crippen LogP contribution in [0, 0.1) is 19.3 Å². The lowest BCUT2D eigenvalue weighted by Crippen LogP contribution is -2.12. The Morgan fingerprint density at radius 1 is 1.00 bits per heavy atom. The Labute approximate surface area is 121 Å². The quantitative estimate of drug-likeness (QED) is 0.688. The van der Waals surface area contributed by atoms with Crippen molar-refractivity contribution in [1.29, 1.82) is 0 Å². The minimum atomic E-state index is 0.00511. The summed E-state index contributed by atoms with van der Waals surface area (Å²) >= 11 is 0. The fourth-order valence-corrected chi connectivity index (χ4v) is 2.11. The summed E-state index contributed by atoms with van der Waals surface area (Å²) in [4.78, 5) is 0. The molecule has 20 heavy (non-hydrogen) atoms. The van der Waals surface area contributed by atoms with Crippen molar-refractivity contribution in [3.63, 3.8) is 0 Å². The van der Waals surface area contributed by atoms with E-state index in [0.29, 0.717) is 0 Å². The molecule has 2 rings (SSSR count). The maximum atomic E-state index is 6.11. The summed E-state index contributed by atoms with van der Waals surface area (Å²) in [5.74, 6) is 4.37. The maximum absolute atomic E-state index is 6.11. The highest BCUT2D eigenvalue weighted by Gasteiger charge is 2.20. The molecule has 0 saturated heterocycles. The molecular formula is C19H20O. The third-order valence-corrected chi connectivity index (χ3v) is 3.27. The third kappa shape index (κ3) is 3.03. The maximum Gasteiger partial charge on any atom is 0.132 e. The number of aryl methyl sites for hydroxylation is 1. The van der Waals surface area contributed by atoms with Crippen LogP contribution < -0.4 is 4.74 Å². The van der Waals surface area contributed by atoms with E-state index in [4.69, 9.17) is 11.2 Å². The molecule has 102 valence electrons. The van der Waals surface area contributed by atoms with E-state index in [-0.39, 0.29) is 5.41 Å². The van der Waals surface area contributed by atoms with Crippen LogP contribution in [0.2, 0.25) is 0 Å². The van der Waals surface area contributed by atoms with Crippen molar-refractivity contribution >= 4 is 0 Å². The second kappa shape index (κ2) is 5.43. The SMILES string of the molecule is C#Cc1ccc(C(C)(C)C)c(Oc2ccccc2C)c1. The summed E-state index contributed by atoms with van der Waals surface area (Å²) in [6.07, 6.45) is 5.50. The first-order valence-electron chi connectivity index (χ1n) is 6.76. The van der Waals surface area contributed by atoms with Gasteiger partial charge in [0.25, 0.3) is 0 Å². The van der Waals surface area contributed by atoms with Gasteiger partial charge in [0.1, 0.15) is 11.5 Å². The first-order chi connectivity index (χ1) is 9.41. The van der Waals surface area contributed by atoms with Gasteiger partial charge in [0, 0.05) is 11.1 Å². The van der Waals surface area contributed by atoms with E-state index >= 15 is 0 Å². The molecule has 0 radical (unpaired) electrons. The van der Waals surface area contributed by atoms with Crippen molar-refractivity contribution in [2.24, 2.45) is 0 Å². The second-order valence-electron chi connectivity index (χ2n) is 5.97. The van der Waals surface area contributed by atoms with E-state index in [0.717, 1.165) is 28.2 Å². The van der Waals surface area contributed by atoms with Crippen molar-refractivity contribution in [3.8, 4) is 23.8 Å². The smallest absolute Gasteiger partial charge is 0.132 e. The molecule has 0 aromatic heterocycles. The number of ether oxygens (including phenoxy) is 1. The van der Waals surface area contributed by atoms with Crippen molar-refractivity contribution < 1.29 is 4.74 Å². The largest absolute Gasteiger partial charge is 0.457 e. The lowest BCUT2D eigenvalue weighted by molar-refractivity contribution is 0.452. The Kier molecular flexibility index (Phi) is 3.86. The molecule has 2 aromatic carbocycles. The summed E-state index contributed by atoms with van der Waals surface area (Å²) < 4.78 is 6.11. The lowest BCUT2D eigenvalue weighted by atomic mass is 9.86. The average Bonchev–Trinajstić information content (AvgIpc) is 2.40. The van der Waals surface area contributed by atoms with Crippen molar-refractivity contribution in [1.82, 2.24) is 0 Å². The number of benzene rings is 2. The van der Waals surface area contributed by atoms with Gasteiger partial charge in [-0.15, -0.1) is 6.42 Å². The first kappa shape index (κ1) is 14.2. The van der Waals surface area contributed by atoms with Crippen LogP contribution in [-0.2, 0) is 5.41 Å². The topological polar surface area (TPSA) is 9.23 Å². The number of hydrogen-bond donors (Lipinski definition) is 0. The average molecular weight is 264 g/mol. The van der Waals surface area contributed by atoms with Crippen LogP contribution in [0.5, 0.6) is 11.5 Å². The zero-order chi connectivity index (χ0) is 14.8. The molecule has 0 N–H and O–H groups in total. The minimum absolute atomic E-state index is 0.00511. The molecule has 0 fully saturated rings. The summed E-state index contributed by atoms with van der Waals surface area (Å²) in [6, 6.07) is 14.0. The second-order valence-corrected chi connectivity index (χ2v) is 5.97. The van der Waals surface area contributed by atoms with E-state index in [1.54, 1.807) is 0 Å². The molecule has 0 saturated carbocycles. The Morgan fingerprint density at radius 2 is 1.70 bits per heavy atom. The van der Waals surface area contributed by atoms with Crippen LogP contribution >= 0.6 is 0 Å². The highest BCUT2D eigenvalue weighted by molar-refractivity contribution is 5.49. The van der Waals surface area contributed by atoms with Crippen molar-refractivity contribution in [3.05, 3.63) is 59.2 Å². The standard InChI is InChI=1S/C19H20O/c1-6-15-11-12-16(19(3,4)5)18(13-15)20-17-10-8-7-9-14(17)2/h1,7-13H,2-5H3. The van der Waals surface area contributed by atoms with E-state index in [1.807, 2.05) is 43.3 Å². The molecule has 0 atom stereocenters. The molecule has 0 aliphatic heterocycles. The zero-order valence-electron chi connectivity index (χ0n) is 12.5. The first-order valence-corrected chi connectivity index (χ1v) is 6.76. The molecule has 1 heteroatoms. The Bertz CT molecular complexity index is 654. The highest BCUT2D eigenvalue weighted by Crippen LogP contribution is 2.35. The van der Waals surface area contributed by atoms with Crippen LogP contribution in [0.1, 0.15) is 37.5 Å². The Balaban J connectivity index is 2.49. The molecule has 0 aliphatic carbocycles. The fraction of sp³-hybridized carbons (Fsp3) is 0.263. The number of hydrogen-bond acceptors (Lipinski definition) is 1. The number of rotatable bonds is 2. The molecule has 1 nitrogen and oxygen atoms in total. The van der Waals surface area contributed by atoms with E-state index in [1.165, 1.54) is 0 Å². The predicted molar refractivity (Wildman–Crippen MR) is 84.3 cm³/mol. The van der Waals surface area contributed by atoms with E-state index < -0.39 is 0 Å². The van der Waals surface area contributed by atoms with Gasteiger partial charge in [-0.3, -0.25) is 0 Å².